The third kappa shape index (κ3) is 4.92. The van der Waals surface area contributed by atoms with Gasteiger partial charge in [0.2, 0.25) is 15.9 Å². The van der Waals surface area contributed by atoms with Crippen LogP contribution in [0.25, 0.3) is 0 Å². The Labute approximate surface area is 187 Å². The van der Waals surface area contributed by atoms with E-state index in [2.05, 4.69) is 24.1 Å². The molecule has 0 atom stereocenters. The maximum absolute atomic E-state index is 13.0. The molecule has 1 aromatic carbocycles. The number of hydrogen-bond acceptors (Lipinski definition) is 4. The van der Waals surface area contributed by atoms with Gasteiger partial charge in [-0.2, -0.15) is 4.31 Å². The Morgan fingerprint density at radius 1 is 1.03 bits per heavy atom. The lowest BCUT2D eigenvalue weighted by Crippen LogP contribution is -2.43. The lowest BCUT2D eigenvalue weighted by Gasteiger charge is -2.25. The summed E-state index contributed by atoms with van der Waals surface area (Å²) in [5.74, 6) is 0.0722. The predicted octanol–water partition coefficient (Wildman–Crippen LogP) is 3.80. The van der Waals surface area contributed by atoms with Crippen LogP contribution >= 0.6 is 0 Å². The molecule has 1 N–H and O–H groups in total. The fraction of sp³-hybridized carbons (Fsp3) is 0.708. The average Bonchev–Trinajstić information content (AvgIpc) is 3.31. The molecule has 4 rings (SSSR count). The van der Waals surface area contributed by atoms with Crippen LogP contribution in [0.15, 0.2) is 23.1 Å². The summed E-state index contributed by atoms with van der Waals surface area (Å²) in [7, 11) is -3.44. The van der Waals surface area contributed by atoms with Gasteiger partial charge >= 0.3 is 0 Å². The normalized spacial score (nSPS) is 22.7. The van der Waals surface area contributed by atoms with Crippen molar-refractivity contribution >= 4 is 21.6 Å². The van der Waals surface area contributed by atoms with Gasteiger partial charge in [0, 0.05) is 36.8 Å². The monoisotopic (exact) mass is 447 g/mol. The smallest absolute Gasteiger partial charge is 0.243 e. The fourth-order valence-electron chi connectivity index (χ4n) is 5.41. The van der Waals surface area contributed by atoms with Crippen molar-refractivity contribution in [3.8, 4) is 0 Å². The van der Waals surface area contributed by atoms with Crippen LogP contribution in [0.1, 0.15) is 77.2 Å². The minimum absolute atomic E-state index is 0.0722. The van der Waals surface area contributed by atoms with Crippen LogP contribution in [-0.2, 0) is 20.2 Å². The first kappa shape index (κ1) is 22.6. The molecule has 0 aromatic heterocycles. The third-order valence-electron chi connectivity index (χ3n) is 7.13. The van der Waals surface area contributed by atoms with Gasteiger partial charge in [-0.3, -0.25) is 4.79 Å². The number of nitrogens with zero attached hydrogens (tertiary/aromatic N) is 2. The summed E-state index contributed by atoms with van der Waals surface area (Å²) in [4.78, 5) is 15.3. The Morgan fingerprint density at radius 3 is 2.35 bits per heavy atom. The quantitative estimate of drug-likeness (QED) is 0.745. The van der Waals surface area contributed by atoms with E-state index in [1.807, 2.05) is 12.1 Å². The molecule has 0 radical (unpaired) electrons. The number of nitrogens with one attached hydrogen (secondary N) is 1. The van der Waals surface area contributed by atoms with E-state index in [1.54, 1.807) is 10.4 Å². The van der Waals surface area contributed by atoms with E-state index in [0.29, 0.717) is 31.1 Å². The molecule has 2 aliphatic heterocycles. The Morgan fingerprint density at radius 2 is 1.68 bits per heavy atom. The summed E-state index contributed by atoms with van der Waals surface area (Å²) in [5.41, 5.74) is 1.80. The van der Waals surface area contributed by atoms with Crippen LogP contribution in [0.3, 0.4) is 0 Å². The molecule has 0 bridgehead atoms. The zero-order valence-electron chi connectivity index (χ0n) is 19.0. The second kappa shape index (κ2) is 9.10. The highest BCUT2D eigenvalue weighted by molar-refractivity contribution is 7.89. The zero-order chi connectivity index (χ0) is 22.1. The fourth-order valence-corrected chi connectivity index (χ4v) is 6.95. The number of anilines is 1. The summed E-state index contributed by atoms with van der Waals surface area (Å²) in [6.07, 6.45) is 10.2. The second-order valence-corrected chi connectivity index (χ2v) is 12.1. The number of rotatable bonds is 5. The molecule has 6 nitrogen and oxygen atoms in total. The van der Waals surface area contributed by atoms with Crippen LogP contribution < -0.4 is 10.2 Å². The van der Waals surface area contributed by atoms with Gasteiger partial charge in [0.25, 0.3) is 0 Å². The van der Waals surface area contributed by atoms with Crippen molar-refractivity contribution in [3.63, 3.8) is 0 Å². The number of amides is 1. The maximum atomic E-state index is 13.0. The highest BCUT2D eigenvalue weighted by atomic mass is 32.2. The molecule has 31 heavy (non-hydrogen) atoms. The molecule has 2 heterocycles. The summed E-state index contributed by atoms with van der Waals surface area (Å²) in [6.45, 7) is 6.51. The van der Waals surface area contributed by atoms with Crippen LogP contribution in [0, 0.1) is 0 Å². The van der Waals surface area contributed by atoms with Gasteiger partial charge in [-0.05, 0) is 49.4 Å². The predicted molar refractivity (Wildman–Crippen MR) is 124 cm³/mol. The standard InChI is InChI=1S/C24H37N3O3S/c1-24(2)18-26(17-23(28)25-19-10-6-4-3-5-7-11-19)22-13-12-20(16-21(22)24)31(29,30)27-14-8-9-15-27/h12-13,16,19H,3-11,14-15,17-18H2,1-2H3,(H,25,28). The average molecular weight is 448 g/mol. The molecular formula is C24H37N3O3S. The molecule has 0 spiro atoms. The number of benzene rings is 1. The Balaban J connectivity index is 1.48. The van der Waals surface area contributed by atoms with Gasteiger partial charge in [-0.1, -0.05) is 46.0 Å². The van der Waals surface area contributed by atoms with Gasteiger partial charge in [0.1, 0.15) is 0 Å². The number of carbonyl (C=O) groups excluding carboxylic acids is 1. The molecule has 0 unspecified atom stereocenters. The van der Waals surface area contributed by atoms with E-state index in [0.717, 1.165) is 36.9 Å². The molecule has 7 heteroatoms. The van der Waals surface area contributed by atoms with Gasteiger partial charge in [-0.15, -0.1) is 0 Å². The third-order valence-corrected chi connectivity index (χ3v) is 9.03. The Hall–Kier alpha value is -1.60. The minimum atomic E-state index is -3.44. The Kier molecular flexibility index (Phi) is 6.63. The molecule has 3 aliphatic rings. The van der Waals surface area contributed by atoms with Crippen molar-refractivity contribution in [1.82, 2.24) is 9.62 Å². The molecule has 1 aromatic rings. The van der Waals surface area contributed by atoms with Gasteiger partial charge < -0.3 is 10.2 Å². The number of carbonyl (C=O) groups is 1. The van der Waals surface area contributed by atoms with E-state index >= 15 is 0 Å². The van der Waals surface area contributed by atoms with Crippen molar-refractivity contribution < 1.29 is 13.2 Å². The topological polar surface area (TPSA) is 69.7 Å². The van der Waals surface area contributed by atoms with E-state index in [9.17, 15) is 13.2 Å². The first-order chi connectivity index (χ1) is 14.8. The molecule has 1 aliphatic carbocycles. The molecule has 2 fully saturated rings. The van der Waals surface area contributed by atoms with Gasteiger partial charge in [0.15, 0.2) is 0 Å². The highest BCUT2D eigenvalue weighted by Gasteiger charge is 2.38. The van der Waals surface area contributed by atoms with Crippen LogP contribution in [0.5, 0.6) is 0 Å². The molecule has 172 valence electrons. The number of sulfonamides is 1. The molecule has 1 amide bonds. The lowest BCUT2D eigenvalue weighted by molar-refractivity contribution is -0.120. The molecular weight excluding hydrogens is 410 g/mol. The zero-order valence-corrected chi connectivity index (χ0v) is 19.8. The maximum Gasteiger partial charge on any atom is 0.243 e. The molecule has 1 saturated heterocycles. The summed E-state index contributed by atoms with van der Waals surface area (Å²) >= 11 is 0. The van der Waals surface area contributed by atoms with Crippen LogP contribution in [0.2, 0.25) is 0 Å². The Bertz CT molecular complexity index is 899. The summed E-state index contributed by atoms with van der Waals surface area (Å²) in [6, 6.07) is 5.75. The van der Waals surface area contributed by atoms with Crippen molar-refractivity contribution in [1.29, 1.82) is 0 Å². The lowest BCUT2D eigenvalue weighted by atomic mass is 9.87. The second-order valence-electron chi connectivity index (χ2n) is 10.1. The van der Waals surface area contributed by atoms with Crippen molar-refractivity contribution in [2.75, 3.05) is 31.1 Å². The SMILES string of the molecule is CC1(C)CN(CC(=O)NC2CCCCCCC2)c2ccc(S(=O)(=O)N3CCCC3)cc21. The highest BCUT2D eigenvalue weighted by Crippen LogP contribution is 2.41. The van der Waals surface area contributed by atoms with Crippen molar-refractivity contribution in [2.24, 2.45) is 0 Å². The summed E-state index contributed by atoms with van der Waals surface area (Å²) in [5, 5.41) is 3.26. The first-order valence-corrected chi connectivity index (χ1v) is 13.4. The van der Waals surface area contributed by atoms with Crippen molar-refractivity contribution in [2.45, 2.75) is 88.0 Å². The number of fused-ring (bicyclic) bond motifs is 1. The van der Waals surface area contributed by atoms with Gasteiger partial charge in [0.05, 0.1) is 11.4 Å². The van der Waals surface area contributed by atoms with E-state index < -0.39 is 10.0 Å². The van der Waals surface area contributed by atoms with Gasteiger partial charge in [-0.25, -0.2) is 8.42 Å². The summed E-state index contributed by atoms with van der Waals surface area (Å²) < 4.78 is 27.6. The van der Waals surface area contributed by atoms with E-state index in [1.165, 1.54) is 32.1 Å². The molecule has 1 saturated carbocycles. The largest absolute Gasteiger partial charge is 0.361 e. The van der Waals surface area contributed by atoms with E-state index in [-0.39, 0.29) is 17.4 Å². The van der Waals surface area contributed by atoms with Crippen molar-refractivity contribution in [3.05, 3.63) is 23.8 Å². The van der Waals surface area contributed by atoms with Crippen LogP contribution in [0.4, 0.5) is 5.69 Å². The van der Waals surface area contributed by atoms with Crippen LogP contribution in [-0.4, -0.2) is 50.9 Å². The van der Waals surface area contributed by atoms with E-state index in [4.69, 9.17) is 0 Å². The minimum Gasteiger partial charge on any atom is -0.361 e. The number of hydrogen-bond donors (Lipinski definition) is 1. The first-order valence-electron chi connectivity index (χ1n) is 12.0.